The molecule has 3 rings (SSSR count). The van der Waals surface area contributed by atoms with Crippen LogP contribution in [0.3, 0.4) is 0 Å². The third-order valence-corrected chi connectivity index (χ3v) is 5.76. The van der Waals surface area contributed by atoms with Crippen LogP contribution in [0.4, 0.5) is 9.18 Å². The van der Waals surface area contributed by atoms with Crippen LogP contribution in [0, 0.1) is 5.82 Å². The van der Waals surface area contributed by atoms with Crippen molar-refractivity contribution in [2.75, 3.05) is 14.2 Å². The quantitative estimate of drug-likeness (QED) is 0.421. The van der Waals surface area contributed by atoms with Crippen molar-refractivity contribution in [1.82, 2.24) is 4.90 Å². The summed E-state index contributed by atoms with van der Waals surface area (Å²) in [6, 6.07) is 7.96. The van der Waals surface area contributed by atoms with Gasteiger partial charge in [-0.2, -0.15) is 0 Å². The second-order valence-corrected chi connectivity index (χ2v) is 8.10. The van der Waals surface area contributed by atoms with Crippen LogP contribution in [0.15, 0.2) is 41.3 Å². The van der Waals surface area contributed by atoms with Crippen LogP contribution in [0.5, 0.6) is 11.5 Å². The summed E-state index contributed by atoms with van der Waals surface area (Å²) in [5, 5.41) is -0.351. The van der Waals surface area contributed by atoms with E-state index in [1.165, 1.54) is 39.4 Å². The van der Waals surface area contributed by atoms with Crippen molar-refractivity contribution in [2.45, 2.75) is 19.6 Å². The van der Waals surface area contributed by atoms with Gasteiger partial charge in [0.2, 0.25) is 0 Å². The van der Waals surface area contributed by atoms with Crippen LogP contribution in [-0.4, -0.2) is 42.3 Å². The Morgan fingerprint density at radius 1 is 1.22 bits per heavy atom. The number of benzene rings is 2. The first-order valence-electron chi connectivity index (χ1n) is 9.34. The van der Waals surface area contributed by atoms with E-state index in [0.717, 1.165) is 10.5 Å². The fourth-order valence-electron chi connectivity index (χ4n) is 2.94. The molecular formula is C22H19ClFNO6S. The number of carbonyl (C=O) groups is 3. The summed E-state index contributed by atoms with van der Waals surface area (Å²) in [4.78, 5) is 37.6. The Labute approximate surface area is 193 Å². The van der Waals surface area contributed by atoms with Crippen LogP contribution >= 0.6 is 23.4 Å². The lowest BCUT2D eigenvalue weighted by atomic mass is 10.1. The first kappa shape index (κ1) is 23.6. The molecule has 0 spiro atoms. The van der Waals surface area contributed by atoms with Crippen LogP contribution in [-0.2, 0) is 20.9 Å². The fourth-order valence-corrected chi connectivity index (χ4v) is 4.12. The van der Waals surface area contributed by atoms with E-state index in [9.17, 15) is 18.8 Å². The van der Waals surface area contributed by atoms with Crippen molar-refractivity contribution < 1.29 is 33.0 Å². The van der Waals surface area contributed by atoms with Gasteiger partial charge in [0.05, 0.1) is 24.1 Å². The van der Waals surface area contributed by atoms with E-state index in [-0.39, 0.29) is 28.1 Å². The number of hydrogen-bond acceptors (Lipinski definition) is 7. The highest BCUT2D eigenvalue weighted by atomic mass is 35.5. The lowest BCUT2D eigenvalue weighted by Crippen LogP contribution is -2.42. The van der Waals surface area contributed by atoms with E-state index in [2.05, 4.69) is 4.74 Å². The molecule has 0 bridgehead atoms. The molecule has 0 aromatic heterocycles. The summed E-state index contributed by atoms with van der Waals surface area (Å²) in [6.45, 7) is 1.55. The number of amides is 2. The topological polar surface area (TPSA) is 82.1 Å². The molecule has 1 saturated heterocycles. The number of carbonyl (C=O) groups excluding carboxylic acids is 3. The minimum Gasteiger partial charge on any atom is -0.493 e. The molecule has 7 nitrogen and oxygen atoms in total. The van der Waals surface area contributed by atoms with E-state index < -0.39 is 23.2 Å². The molecule has 2 aromatic rings. The third-order valence-electron chi connectivity index (χ3n) is 4.60. The van der Waals surface area contributed by atoms with Gasteiger partial charge in [0, 0.05) is 0 Å². The van der Waals surface area contributed by atoms with E-state index in [1.54, 1.807) is 24.3 Å². The second-order valence-electron chi connectivity index (χ2n) is 6.70. The van der Waals surface area contributed by atoms with Crippen molar-refractivity contribution in [1.29, 1.82) is 0 Å². The average Bonchev–Trinajstić information content (AvgIpc) is 3.05. The molecule has 0 saturated carbocycles. The molecule has 1 aliphatic rings. The highest BCUT2D eigenvalue weighted by Crippen LogP contribution is 2.39. The molecule has 0 N–H and O–H groups in total. The van der Waals surface area contributed by atoms with E-state index >= 15 is 0 Å². The van der Waals surface area contributed by atoms with Crippen molar-refractivity contribution in [2.24, 2.45) is 0 Å². The molecule has 2 aromatic carbocycles. The highest BCUT2D eigenvalue weighted by molar-refractivity contribution is 8.18. The zero-order valence-corrected chi connectivity index (χ0v) is 19.0. The maximum Gasteiger partial charge on any atom is 0.328 e. The van der Waals surface area contributed by atoms with Gasteiger partial charge in [0.25, 0.3) is 11.1 Å². The largest absolute Gasteiger partial charge is 0.493 e. The number of thioether (sulfide) groups is 1. The molecule has 168 valence electrons. The van der Waals surface area contributed by atoms with Gasteiger partial charge in [-0.1, -0.05) is 23.7 Å². The Bertz CT molecular complexity index is 1090. The summed E-state index contributed by atoms with van der Waals surface area (Å²) in [5.74, 6) is -1.05. The highest BCUT2D eigenvalue weighted by Gasteiger charge is 2.41. The van der Waals surface area contributed by atoms with E-state index in [1.807, 2.05) is 0 Å². The number of rotatable bonds is 7. The van der Waals surface area contributed by atoms with Crippen molar-refractivity contribution in [3.05, 3.63) is 63.3 Å². The zero-order valence-electron chi connectivity index (χ0n) is 17.4. The van der Waals surface area contributed by atoms with Gasteiger partial charge in [-0.3, -0.25) is 14.5 Å². The molecule has 1 aliphatic heterocycles. The lowest BCUT2D eigenvalue weighted by Gasteiger charge is -2.18. The number of halogens is 2. The minimum absolute atomic E-state index is 0.129. The number of nitrogens with zero attached hydrogens (tertiary/aromatic N) is 1. The SMILES string of the molecule is COC(=O)[C@@H](C)N1C(=O)S/C(=C/c2cc(Cl)c(OCc3ccc(F)cc3)c(OC)c2)C1=O. The van der Waals surface area contributed by atoms with Gasteiger partial charge >= 0.3 is 5.97 Å². The van der Waals surface area contributed by atoms with E-state index in [0.29, 0.717) is 23.1 Å². The molecule has 32 heavy (non-hydrogen) atoms. The fraction of sp³-hybridized carbons (Fsp3) is 0.227. The van der Waals surface area contributed by atoms with Crippen LogP contribution in [0.25, 0.3) is 6.08 Å². The smallest absolute Gasteiger partial charge is 0.328 e. The Hall–Kier alpha value is -3.04. The molecule has 1 atom stereocenters. The molecular weight excluding hydrogens is 461 g/mol. The number of hydrogen-bond donors (Lipinski definition) is 0. The first-order valence-corrected chi connectivity index (χ1v) is 10.5. The van der Waals surface area contributed by atoms with Gasteiger partial charge in [-0.15, -0.1) is 0 Å². The molecule has 0 aliphatic carbocycles. The Balaban J connectivity index is 1.83. The Kier molecular flexibility index (Phi) is 7.42. The van der Waals surface area contributed by atoms with Gasteiger partial charge in [-0.05, 0) is 60.2 Å². The minimum atomic E-state index is -1.04. The van der Waals surface area contributed by atoms with Crippen molar-refractivity contribution in [3.63, 3.8) is 0 Å². The molecule has 2 amide bonds. The molecule has 1 fully saturated rings. The lowest BCUT2D eigenvalue weighted by molar-refractivity contribution is -0.148. The molecule has 10 heteroatoms. The normalized spacial score (nSPS) is 15.8. The van der Waals surface area contributed by atoms with Gasteiger partial charge in [0.15, 0.2) is 11.5 Å². The predicted molar refractivity (Wildman–Crippen MR) is 118 cm³/mol. The first-order chi connectivity index (χ1) is 15.2. The zero-order chi connectivity index (χ0) is 23.4. The second kappa shape index (κ2) is 10.1. The summed E-state index contributed by atoms with van der Waals surface area (Å²) in [6.07, 6.45) is 1.48. The molecule has 0 radical (unpaired) electrons. The van der Waals surface area contributed by atoms with Crippen LogP contribution in [0.2, 0.25) is 5.02 Å². The van der Waals surface area contributed by atoms with E-state index in [4.69, 9.17) is 21.1 Å². The number of esters is 1. The molecule has 0 unspecified atom stereocenters. The van der Waals surface area contributed by atoms with Crippen LogP contribution in [0.1, 0.15) is 18.1 Å². The maximum atomic E-state index is 13.1. The van der Waals surface area contributed by atoms with Gasteiger partial charge < -0.3 is 14.2 Å². The third kappa shape index (κ3) is 5.05. The van der Waals surface area contributed by atoms with Gasteiger partial charge in [0.1, 0.15) is 18.5 Å². The Morgan fingerprint density at radius 2 is 1.91 bits per heavy atom. The van der Waals surface area contributed by atoms with Crippen molar-refractivity contribution in [3.8, 4) is 11.5 Å². The number of imide groups is 1. The standard InChI is InChI=1S/C22H19ClFNO6S/c1-12(21(27)30-3)25-20(26)18(32-22(25)28)10-14-8-16(23)19(17(9-14)29-2)31-11-13-4-6-15(24)7-5-13/h4-10,12H,11H2,1-3H3/b18-10+/t12-/m1/s1. The van der Waals surface area contributed by atoms with Crippen molar-refractivity contribution >= 4 is 46.6 Å². The summed E-state index contributed by atoms with van der Waals surface area (Å²) >= 11 is 7.08. The number of ether oxygens (including phenoxy) is 3. The van der Waals surface area contributed by atoms with Crippen LogP contribution < -0.4 is 9.47 Å². The summed E-state index contributed by atoms with van der Waals surface area (Å²) in [5.41, 5.74) is 1.24. The monoisotopic (exact) mass is 479 g/mol. The summed E-state index contributed by atoms with van der Waals surface area (Å²) in [7, 11) is 2.62. The average molecular weight is 480 g/mol. The Morgan fingerprint density at radius 3 is 2.53 bits per heavy atom. The predicted octanol–water partition coefficient (Wildman–Crippen LogP) is 4.66. The maximum absolute atomic E-state index is 13.1. The summed E-state index contributed by atoms with van der Waals surface area (Å²) < 4.78 is 28.8. The van der Waals surface area contributed by atoms with Gasteiger partial charge in [-0.25, -0.2) is 9.18 Å². The number of methoxy groups -OCH3 is 2. The molecule has 1 heterocycles.